The van der Waals surface area contributed by atoms with E-state index in [-0.39, 0.29) is 11.2 Å². The highest BCUT2D eigenvalue weighted by molar-refractivity contribution is 5.84. The molecule has 74 valence electrons. The molecule has 0 radical (unpaired) electrons. The van der Waals surface area contributed by atoms with Gasteiger partial charge in [-0.2, -0.15) is 0 Å². The number of carboxylic acids is 1. The van der Waals surface area contributed by atoms with Gasteiger partial charge in [0.1, 0.15) is 5.82 Å². The van der Waals surface area contributed by atoms with E-state index in [9.17, 15) is 4.79 Å². The average Bonchev–Trinajstić information content (AvgIpc) is 2.84. The highest BCUT2D eigenvalue weighted by atomic mass is 16.4. The first-order chi connectivity index (χ1) is 6.59. The van der Waals surface area contributed by atoms with E-state index in [2.05, 4.69) is 22.2 Å². The van der Waals surface area contributed by atoms with E-state index >= 15 is 0 Å². The minimum absolute atomic E-state index is 0.0310. The summed E-state index contributed by atoms with van der Waals surface area (Å²) in [6.45, 7) is 2.10. The van der Waals surface area contributed by atoms with Gasteiger partial charge in [0.15, 0.2) is 5.69 Å². The predicted molar refractivity (Wildman–Crippen MR) is 50.3 cm³/mol. The Morgan fingerprint density at radius 3 is 2.64 bits per heavy atom. The molecule has 2 rings (SSSR count). The largest absolute Gasteiger partial charge is 0.476 e. The maximum atomic E-state index is 10.5. The molecular formula is C9H11N3O2. The van der Waals surface area contributed by atoms with Crippen LogP contribution in [-0.4, -0.2) is 26.6 Å². The molecule has 0 unspecified atom stereocenters. The molecule has 1 aliphatic rings. The molecular weight excluding hydrogens is 182 g/mol. The first-order valence-corrected chi connectivity index (χ1v) is 4.43. The summed E-state index contributed by atoms with van der Waals surface area (Å²) in [4.78, 5) is 18.2. The van der Waals surface area contributed by atoms with Gasteiger partial charge in [-0.1, -0.05) is 0 Å². The number of rotatable bonds is 3. The second-order valence-electron chi connectivity index (χ2n) is 3.78. The molecule has 1 heterocycles. The molecule has 0 bridgehead atoms. The number of nitrogens with one attached hydrogen (secondary N) is 1. The molecule has 0 aromatic carbocycles. The van der Waals surface area contributed by atoms with Crippen molar-refractivity contribution in [1.29, 1.82) is 0 Å². The van der Waals surface area contributed by atoms with Crippen molar-refractivity contribution in [2.45, 2.75) is 25.3 Å². The van der Waals surface area contributed by atoms with Crippen LogP contribution >= 0.6 is 0 Å². The van der Waals surface area contributed by atoms with Crippen LogP contribution in [0.4, 0.5) is 5.82 Å². The lowest BCUT2D eigenvalue weighted by atomic mass is 10.3. The lowest BCUT2D eigenvalue weighted by Gasteiger charge is -2.10. The number of carbonyl (C=O) groups is 1. The molecule has 0 saturated heterocycles. The number of aromatic carboxylic acids is 1. The summed E-state index contributed by atoms with van der Waals surface area (Å²) in [5, 5.41) is 11.8. The Kier molecular flexibility index (Phi) is 1.87. The Hall–Kier alpha value is -1.65. The number of aromatic nitrogens is 2. The van der Waals surface area contributed by atoms with Gasteiger partial charge >= 0.3 is 5.97 Å². The van der Waals surface area contributed by atoms with Crippen LogP contribution in [-0.2, 0) is 0 Å². The highest BCUT2D eigenvalue weighted by Crippen LogP contribution is 2.37. The lowest BCUT2D eigenvalue weighted by molar-refractivity contribution is 0.0690. The first-order valence-electron chi connectivity index (χ1n) is 4.43. The van der Waals surface area contributed by atoms with Crippen LogP contribution in [0.5, 0.6) is 0 Å². The molecule has 0 spiro atoms. The summed E-state index contributed by atoms with van der Waals surface area (Å²) >= 11 is 0. The number of anilines is 1. The Labute approximate surface area is 81.2 Å². The van der Waals surface area contributed by atoms with Gasteiger partial charge < -0.3 is 10.4 Å². The zero-order chi connectivity index (χ0) is 10.2. The van der Waals surface area contributed by atoms with Crippen LogP contribution in [0, 0.1) is 0 Å². The maximum absolute atomic E-state index is 10.5. The van der Waals surface area contributed by atoms with E-state index in [4.69, 9.17) is 5.11 Å². The van der Waals surface area contributed by atoms with Gasteiger partial charge in [-0.3, -0.25) is 0 Å². The lowest BCUT2D eigenvalue weighted by Crippen LogP contribution is -2.17. The number of nitrogens with zero attached hydrogens (tertiary/aromatic N) is 2. The van der Waals surface area contributed by atoms with Gasteiger partial charge in [-0.15, -0.1) is 0 Å². The van der Waals surface area contributed by atoms with E-state index in [0.717, 1.165) is 12.8 Å². The minimum atomic E-state index is -1.05. The van der Waals surface area contributed by atoms with Gasteiger partial charge in [0.05, 0.1) is 12.4 Å². The average molecular weight is 193 g/mol. The highest BCUT2D eigenvalue weighted by Gasteiger charge is 2.37. The fourth-order valence-corrected chi connectivity index (χ4v) is 1.12. The molecule has 1 aromatic heterocycles. The van der Waals surface area contributed by atoms with E-state index < -0.39 is 5.97 Å². The van der Waals surface area contributed by atoms with Gasteiger partial charge in [-0.05, 0) is 19.8 Å². The van der Waals surface area contributed by atoms with Crippen LogP contribution in [0.2, 0.25) is 0 Å². The van der Waals surface area contributed by atoms with E-state index in [0.29, 0.717) is 5.82 Å². The zero-order valence-electron chi connectivity index (χ0n) is 7.82. The molecule has 1 fully saturated rings. The van der Waals surface area contributed by atoms with Crippen LogP contribution in [0.15, 0.2) is 12.4 Å². The fraction of sp³-hybridized carbons (Fsp3) is 0.444. The molecule has 5 nitrogen and oxygen atoms in total. The SMILES string of the molecule is CC1(Nc2cnc(C(=O)O)cn2)CC1. The van der Waals surface area contributed by atoms with Crippen molar-refractivity contribution in [3.63, 3.8) is 0 Å². The standard InChI is InChI=1S/C9H11N3O2/c1-9(2-3-9)12-7-5-10-6(4-11-7)8(13)14/h4-5H,2-3H2,1H3,(H,11,12)(H,13,14). The summed E-state index contributed by atoms with van der Waals surface area (Å²) in [5.41, 5.74) is 0.107. The Bertz CT molecular complexity index is 357. The minimum Gasteiger partial charge on any atom is -0.476 e. The summed E-state index contributed by atoms with van der Waals surface area (Å²) in [6.07, 6.45) is 4.95. The monoisotopic (exact) mass is 193 g/mol. The molecule has 0 atom stereocenters. The van der Waals surface area contributed by atoms with Gasteiger partial charge in [-0.25, -0.2) is 14.8 Å². The summed E-state index contributed by atoms with van der Waals surface area (Å²) in [7, 11) is 0. The smallest absolute Gasteiger partial charge is 0.356 e. The third kappa shape index (κ3) is 1.81. The molecule has 0 aliphatic heterocycles. The summed E-state index contributed by atoms with van der Waals surface area (Å²) in [6, 6.07) is 0. The van der Waals surface area contributed by atoms with Crippen LogP contribution in [0.3, 0.4) is 0 Å². The van der Waals surface area contributed by atoms with Gasteiger partial charge in [0.2, 0.25) is 0 Å². The number of hydrogen-bond donors (Lipinski definition) is 2. The molecule has 1 aromatic rings. The van der Waals surface area contributed by atoms with Crippen LogP contribution in [0.25, 0.3) is 0 Å². The predicted octanol–water partition coefficient (Wildman–Crippen LogP) is 1.14. The molecule has 2 N–H and O–H groups in total. The van der Waals surface area contributed by atoms with Crippen molar-refractivity contribution >= 4 is 11.8 Å². The molecule has 0 amide bonds. The molecule has 1 saturated carbocycles. The molecule has 5 heteroatoms. The summed E-state index contributed by atoms with van der Waals surface area (Å²) in [5.74, 6) is -0.420. The molecule has 1 aliphatic carbocycles. The third-order valence-electron chi connectivity index (χ3n) is 2.30. The van der Waals surface area contributed by atoms with E-state index in [1.807, 2.05) is 0 Å². The maximum Gasteiger partial charge on any atom is 0.356 e. The first kappa shape index (κ1) is 8.93. The van der Waals surface area contributed by atoms with Crippen molar-refractivity contribution in [1.82, 2.24) is 9.97 Å². The third-order valence-corrected chi connectivity index (χ3v) is 2.30. The van der Waals surface area contributed by atoms with E-state index in [1.165, 1.54) is 12.4 Å². The Morgan fingerprint density at radius 2 is 2.21 bits per heavy atom. The number of carboxylic acid groups (broad SMARTS) is 1. The fourth-order valence-electron chi connectivity index (χ4n) is 1.12. The second kappa shape index (κ2) is 2.94. The Balaban J connectivity index is 2.10. The number of hydrogen-bond acceptors (Lipinski definition) is 4. The van der Waals surface area contributed by atoms with E-state index in [1.54, 1.807) is 0 Å². The van der Waals surface area contributed by atoms with Crippen LogP contribution in [0.1, 0.15) is 30.3 Å². The van der Waals surface area contributed by atoms with Crippen molar-refractivity contribution in [2.24, 2.45) is 0 Å². The van der Waals surface area contributed by atoms with Crippen LogP contribution < -0.4 is 5.32 Å². The normalized spacial score (nSPS) is 17.5. The second-order valence-corrected chi connectivity index (χ2v) is 3.78. The summed E-state index contributed by atoms with van der Waals surface area (Å²) < 4.78 is 0. The quantitative estimate of drug-likeness (QED) is 0.752. The van der Waals surface area contributed by atoms with Crippen molar-refractivity contribution < 1.29 is 9.90 Å². The van der Waals surface area contributed by atoms with Gasteiger partial charge in [0.25, 0.3) is 0 Å². The van der Waals surface area contributed by atoms with Crippen molar-refractivity contribution in [3.8, 4) is 0 Å². The zero-order valence-corrected chi connectivity index (χ0v) is 7.82. The van der Waals surface area contributed by atoms with Crippen molar-refractivity contribution in [3.05, 3.63) is 18.1 Å². The van der Waals surface area contributed by atoms with Gasteiger partial charge in [0, 0.05) is 5.54 Å². The molecule has 14 heavy (non-hydrogen) atoms. The van der Waals surface area contributed by atoms with Crippen molar-refractivity contribution in [2.75, 3.05) is 5.32 Å². The topological polar surface area (TPSA) is 75.1 Å². The Morgan fingerprint density at radius 1 is 1.50 bits per heavy atom.